The minimum atomic E-state index is -0.882. The third-order valence-electron chi connectivity index (χ3n) is 2.46. The Morgan fingerprint density at radius 1 is 1.67 bits per heavy atom. The maximum absolute atomic E-state index is 9.49. The van der Waals surface area contributed by atoms with Crippen LogP contribution < -0.4 is 0 Å². The van der Waals surface area contributed by atoms with Crippen molar-refractivity contribution in [2.24, 2.45) is 5.41 Å². The van der Waals surface area contributed by atoms with E-state index in [-0.39, 0.29) is 5.41 Å². The van der Waals surface area contributed by atoms with E-state index in [1.54, 1.807) is 6.92 Å². The largest absolute Gasteiger partial charge is 0.377 e. The number of rotatable bonds is 1. The zero-order valence-corrected chi connectivity index (χ0v) is 5.94. The molecular weight excluding hydrogens is 112 g/mol. The Labute approximate surface area is 56.1 Å². The molecule has 0 aromatic heterocycles. The summed E-state index contributed by atoms with van der Waals surface area (Å²) in [4.78, 5) is 0. The molecule has 0 unspecified atom stereocenters. The molecule has 0 spiro atoms. The van der Waals surface area contributed by atoms with Crippen LogP contribution in [0.25, 0.3) is 0 Å². The van der Waals surface area contributed by atoms with E-state index in [9.17, 15) is 5.11 Å². The molecule has 1 nitrogen and oxygen atoms in total. The van der Waals surface area contributed by atoms with Crippen LogP contribution in [-0.2, 0) is 0 Å². The fourth-order valence-electron chi connectivity index (χ4n) is 0.849. The van der Waals surface area contributed by atoms with Gasteiger partial charge >= 0.3 is 0 Å². The van der Waals surface area contributed by atoms with Gasteiger partial charge in [-0.05, 0) is 19.8 Å². The SMILES string of the molecule is C#C[C@](C)(O)C1(C)CC1. The second-order valence-electron chi connectivity index (χ2n) is 3.28. The van der Waals surface area contributed by atoms with E-state index < -0.39 is 5.60 Å². The highest BCUT2D eigenvalue weighted by Crippen LogP contribution is 2.53. The predicted molar refractivity (Wildman–Crippen MR) is 36.8 cm³/mol. The van der Waals surface area contributed by atoms with Crippen molar-refractivity contribution in [1.82, 2.24) is 0 Å². The molecule has 9 heavy (non-hydrogen) atoms. The van der Waals surface area contributed by atoms with Gasteiger partial charge in [-0.3, -0.25) is 0 Å². The van der Waals surface area contributed by atoms with Crippen LogP contribution in [0.4, 0.5) is 0 Å². The van der Waals surface area contributed by atoms with Gasteiger partial charge in [0.25, 0.3) is 0 Å². The van der Waals surface area contributed by atoms with Crippen molar-refractivity contribution in [1.29, 1.82) is 0 Å². The monoisotopic (exact) mass is 124 g/mol. The molecular formula is C8H12O. The van der Waals surface area contributed by atoms with Crippen molar-refractivity contribution >= 4 is 0 Å². The van der Waals surface area contributed by atoms with Crippen LogP contribution in [0.1, 0.15) is 26.7 Å². The summed E-state index contributed by atoms with van der Waals surface area (Å²) >= 11 is 0. The zero-order valence-electron chi connectivity index (χ0n) is 5.94. The lowest BCUT2D eigenvalue weighted by molar-refractivity contribution is 0.0505. The summed E-state index contributed by atoms with van der Waals surface area (Å²) in [6, 6.07) is 0. The molecule has 1 saturated carbocycles. The second-order valence-corrected chi connectivity index (χ2v) is 3.28. The normalized spacial score (nSPS) is 28.2. The molecule has 0 saturated heterocycles. The molecule has 1 aliphatic carbocycles. The van der Waals surface area contributed by atoms with E-state index in [1.807, 2.05) is 6.92 Å². The number of terminal acetylenes is 1. The van der Waals surface area contributed by atoms with Crippen LogP contribution in [-0.4, -0.2) is 10.7 Å². The van der Waals surface area contributed by atoms with Crippen molar-refractivity contribution in [3.63, 3.8) is 0 Å². The van der Waals surface area contributed by atoms with Crippen LogP contribution in [0, 0.1) is 17.8 Å². The van der Waals surface area contributed by atoms with Crippen molar-refractivity contribution in [3.05, 3.63) is 0 Å². The minimum Gasteiger partial charge on any atom is -0.377 e. The average molecular weight is 124 g/mol. The predicted octanol–water partition coefficient (Wildman–Crippen LogP) is 1.17. The Hall–Kier alpha value is -0.480. The number of hydrogen-bond donors (Lipinski definition) is 1. The van der Waals surface area contributed by atoms with Gasteiger partial charge in [-0.1, -0.05) is 12.8 Å². The third-order valence-corrected chi connectivity index (χ3v) is 2.46. The Balaban J connectivity index is 2.73. The van der Waals surface area contributed by atoms with Gasteiger partial charge in [0.05, 0.1) is 0 Å². The maximum atomic E-state index is 9.49. The van der Waals surface area contributed by atoms with E-state index in [0.29, 0.717) is 0 Å². The number of hydrogen-bond acceptors (Lipinski definition) is 1. The second kappa shape index (κ2) is 1.52. The van der Waals surface area contributed by atoms with Gasteiger partial charge in [0.15, 0.2) is 0 Å². The van der Waals surface area contributed by atoms with Gasteiger partial charge in [0.2, 0.25) is 0 Å². The highest BCUT2D eigenvalue weighted by atomic mass is 16.3. The van der Waals surface area contributed by atoms with Crippen molar-refractivity contribution in [3.8, 4) is 12.3 Å². The van der Waals surface area contributed by atoms with Gasteiger partial charge in [0.1, 0.15) is 5.60 Å². The first-order chi connectivity index (χ1) is 4.02. The fraction of sp³-hybridized carbons (Fsp3) is 0.750. The summed E-state index contributed by atoms with van der Waals surface area (Å²) in [6.45, 7) is 3.73. The van der Waals surface area contributed by atoms with Crippen LogP contribution >= 0.6 is 0 Å². The van der Waals surface area contributed by atoms with Crippen LogP contribution in [0.15, 0.2) is 0 Å². The highest BCUT2D eigenvalue weighted by molar-refractivity contribution is 5.18. The maximum Gasteiger partial charge on any atom is 0.127 e. The Kier molecular flexibility index (Phi) is 1.12. The molecule has 1 heteroatoms. The van der Waals surface area contributed by atoms with Crippen molar-refractivity contribution < 1.29 is 5.11 Å². The summed E-state index contributed by atoms with van der Waals surface area (Å²) in [5.74, 6) is 2.40. The summed E-state index contributed by atoms with van der Waals surface area (Å²) in [6.07, 6.45) is 7.25. The van der Waals surface area contributed by atoms with E-state index in [1.165, 1.54) is 0 Å². The zero-order chi connectivity index (χ0) is 7.12. The molecule has 1 atom stereocenters. The molecule has 1 rings (SSSR count). The van der Waals surface area contributed by atoms with E-state index in [4.69, 9.17) is 6.42 Å². The molecule has 0 amide bonds. The summed E-state index contributed by atoms with van der Waals surface area (Å²) in [7, 11) is 0. The molecule has 0 aromatic rings. The van der Waals surface area contributed by atoms with Gasteiger partial charge in [0, 0.05) is 5.41 Å². The molecule has 0 aromatic carbocycles. The lowest BCUT2D eigenvalue weighted by Gasteiger charge is -2.23. The molecule has 1 fully saturated rings. The molecule has 0 bridgehead atoms. The molecule has 0 radical (unpaired) electrons. The number of aliphatic hydroxyl groups is 1. The fourth-order valence-corrected chi connectivity index (χ4v) is 0.849. The smallest absolute Gasteiger partial charge is 0.127 e. The Morgan fingerprint density at radius 3 is 2.22 bits per heavy atom. The molecule has 1 N–H and O–H groups in total. The lowest BCUT2D eigenvalue weighted by atomic mass is 9.89. The van der Waals surface area contributed by atoms with Gasteiger partial charge in [-0.15, -0.1) is 6.42 Å². The molecule has 0 heterocycles. The first-order valence-electron chi connectivity index (χ1n) is 3.22. The Morgan fingerprint density at radius 2 is 2.11 bits per heavy atom. The highest BCUT2D eigenvalue weighted by Gasteiger charge is 2.51. The van der Waals surface area contributed by atoms with E-state index in [2.05, 4.69) is 5.92 Å². The molecule has 1 aliphatic rings. The van der Waals surface area contributed by atoms with Gasteiger partial charge in [-0.25, -0.2) is 0 Å². The third kappa shape index (κ3) is 0.840. The van der Waals surface area contributed by atoms with Crippen LogP contribution in [0.5, 0.6) is 0 Å². The summed E-state index contributed by atoms with van der Waals surface area (Å²) in [5, 5.41) is 9.49. The average Bonchev–Trinajstić information content (AvgIpc) is 2.49. The first kappa shape index (κ1) is 6.64. The van der Waals surface area contributed by atoms with E-state index >= 15 is 0 Å². The summed E-state index contributed by atoms with van der Waals surface area (Å²) in [5.41, 5.74) is -0.866. The van der Waals surface area contributed by atoms with Crippen LogP contribution in [0.2, 0.25) is 0 Å². The summed E-state index contributed by atoms with van der Waals surface area (Å²) < 4.78 is 0. The quantitative estimate of drug-likeness (QED) is 0.520. The Bertz CT molecular complexity index is 158. The van der Waals surface area contributed by atoms with Crippen molar-refractivity contribution in [2.45, 2.75) is 32.3 Å². The lowest BCUT2D eigenvalue weighted by Crippen LogP contribution is -2.31. The molecule has 50 valence electrons. The van der Waals surface area contributed by atoms with Gasteiger partial charge in [-0.2, -0.15) is 0 Å². The standard InChI is InChI=1S/C8H12O/c1-4-8(3,9)7(2)5-6-7/h1,9H,5-6H2,2-3H3/t8-/m0/s1. The van der Waals surface area contributed by atoms with Crippen LogP contribution in [0.3, 0.4) is 0 Å². The van der Waals surface area contributed by atoms with Gasteiger partial charge < -0.3 is 5.11 Å². The first-order valence-corrected chi connectivity index (χ1v) is 3.22. The van der Waals surface area contributed by atoms with E-state index in [0.717, 1.165) is 12.8 Å². The minimum absolute atomic E-state index is 0.0156. The topological polar surface area (TPSA) is 20.2 Å². The molecule has 0 aliphatic heterocycles. The van der Waals surface area contributed by atoms with Crippen molar-refractivity contribution in [2.75, 3.05) is 0 Å².